The van der Waals surface area contributed by atoms with E-state index in [4.69, 9.17) is 15.0 Å². The van der Waals surface area contributed by atoms with Gasteiger partial charge in [0.15, 0.2) is 0 Å². The summed E-state index contributed by atoms with van der Waals surface area (Å²) in [6.45, 7) is 2.32. The lowest BCUT2D eigenvalue weighted by Gasteiger charge is -2.17. The fourth-order valence-corrected chi connectivity index (χ4v) is 3.10. The van der Waals surface area contributed by atoms with Crippen molar-refractivity contribution in [1.29, 1.82) is 0 Å². The van der Waals surface area contributed by atoms with Crippen LogP contribution in [0.4, 0.5) is 0 Å². The summed E-state index contributed by atoms with van der Waals surface area (Å²) in [4.78, 5) is 29.1. The number of rotatable bonds is 7. The first-order valence-corrected chi connectivity index (χ1v) is 8.78. The first kappa shape index (κ1) is 18.9. The molecule has 2 heterocycles. The van der Waals surface area contributed by atoms with Crippen LogP contribution in [0.1, 0.15) is 30.7 Å². The molecule has 1 saturated heterocycles. The van der Waals surface area contributed by atoms with E-state index in [2.05, 4.69) is 15.0 Å². The average molecular weight is 371 g/mol. The highest BCUT2D eigenvalue weighted by Crippen LogP contribution is 2.30. The predicted molar refractivity (Wildman–Crippen MR) is 98.3 cm³/mol. The standard InChI is InChI=1S/C18H21N5O4/c1-2-13-10-23(18(25)21-17(13)24)16-8-14(15(27-16)9-20-22-19)26-11-12-6-4-3-5-7-12/h3-7,10,14-16H,2,8-9,11H2,1H3,(H,21,24,25)/t14-,15+,16+/m0/s1. The second-order valence-electron chi connectivity index (χ2n) is 6.29. The van der Waals surface area contributed by atoms with Gasteiger partial charge in [-0.05, 0) is 17.5 Å². The van der Waals surface area contributed by atoms with Gasteiger partial charge >= 0.3 is 5.69 Å². The molecule has 1 N–H and O–H groups in total. The third kappa shape index (κ3) is 4.46. The van der Waals surface area contributed by atoms with Crippen LogP contribution in [0.25, 0.3) is 10.4 Å². The van der Waals surface area contributed by atoms with Crippen molar-refractivity contribution in [3.05, 3.63) is 78.9 Å². The third-order valence-corrected chi connectivity index (χ3v) is 4.54. The van der Waals surface area contributed by atoms with E-state index < -0.39 is 18.0 Å². The summed E-state index contributed by atoms with van der Waals surface area (Å²) in [5.74, 6) is 0. The van der Waals surface area contributed by atoms with Crippen LogP contribution in [-0.2, 0) is 22.5 Å². The van der Waals surface area contributed by atoms with E-state index in [9.17, 15) is 9.59 Å². The molecule has 1 aliphatic heterocycles. The van der Waals surface area contributed by atoms with Gasteiger partial charge in [-0.2, -0.15) is 0 Å². The minimum atomic E-state index is -0.598. The quantitative estimate of drug-likeness (QED) is 0.456. The number of azide groups is 1. The molecule has 3 atom stereocenters. The zero-order valence-corrected chi connectivity index (χ0v) is 14.9. The molecule has 1 aliphatic rings. The minimum Gasteiger partial charge on any atom is -0.371 e. The van der Waals surface area contributed by atoms with Gasteiger partial charge in [-0.1, -0.05) is 42.4 Å². The van der Waals surface area contributed by atoms with E-state index in [-0.39, 0.29) is 18.2 Å². The number of nitrogens with one attached hydrogen (secondary N) is 1. The molecule has 1 aromatic carbocycles. The van der Waals surface area contributed by atoms with Crippen molar-refractivity contribution in [2.45, 2.75) is 44.8 Å². The highest BCUT2D eigenvalue weighted by molar-refractivity contribution is 5.13. The first-order valence-electron chi connectivity index (χ1n) is 8.78. The lowest BCUT2D eigenvalue weighted by atomic mass is 10.1. The van der Waals surface area contributed by atoms with Crippen molar-refractivity contribution >= 4 is 0 Å². The summed E-state index contributed by atoms with van der Waals surface area (Å²) < 4.78 is 13.3. The molecule has 3 rings (SSSR count). The third-order valence-electron chi connectivity index (χ3n) is 4.54. The van der Waals surface area contributed by atoms with Gasteiger partial charge in [0, 0.05) is 23.1 Å². The number of H-pyrrole nitrogens is 1. The van der Waals surface area contributed by atoms with Crippen molar-refractivity contribution in [2.24, 2.45) is 5.11 Å². The maximum Gasteiger partial charge on any atom is 0.330 e. The molecular weight excluding hydrogens is 350 g/mol. The van der Waals surface area contributed by atoms with Gasteiger partial charge in [-0.25, -0.2) is 4.79 Å². The molecule has 0 unspecified atom stereocenters. The Morgan fingerprint density at radius 3 is 2.85 bits per heavy atom. The second kappa shape index (κ2) is 8.68. The number of aryl methyl sites for hydroxylation is 1. The molecule has 27 heavy (non-hydrogen) atoms. The van der Waals surface area contributed by atoms with Crippen molar-refractivity contribution in [1.82, 2.24) is 9.55 Å². The van der Waals surface area contributed by atoms with Crippen LogP contribution in [-0.4, -0.2) is 28.3 Å². The Balaban J connectivity index is 1.79. The number of aromatic nitrogens is 2. The van der Waals surface area contributed by atoms with E-state index in [0.29, 0.717) is 25.0 Å². The molecule has 9 heteroatoms. The Morgan fingerprint density at radius 2 is 2.15 bits per heavy atom. The van der Waals surface area contributed by atoms with Crippen LogP contribution < -0.4 is 11.2 Å². The Labute approximate surface area is 155 Å². The monoisotopic (exact) mass is 371 g/mol. The lowest BCUT2D eigenvalue weighted by Crippen LogP contribution is -2.34. The van der Waals surface area contributed by atoms with Crippen LogP contribution in [0.2, 0.25) is 0 Å². The highest BCUT2D eigenvalue weighted by Gasteiger charge is 2.37. The number of hydrogen-bond acceptors (Lipinski definition) is 5. The first-order chi connectivity index (χ1) is 13.1. The molecule has 0 bridgehead atoms. The van der Waals surface area contributed by atoms with E-state index in [1.165, 1.54) is 10.8 Å². The number of hydrogen-bond donors (Lipinski definition) is 1. The summed E-state index contributed by atoms with van der Waals surface area (Å²) in [6.07, 6.45) is 1.02. The minimum absolute atomic E-state index is 0.102. The van der Waals surface area contributed by atoms with Crippen LogP contribution in [0, 0.1) is 0 Å². The molecule has 0 aliphatic carbocycles. The summed E-state index contributed by atoms with van der Waals surface area (Å²) in [5.41, 5.74) is 9.20. The van der Waals surface area contributed by atoms with Crippen LogP contribution in [0.3, 0.4) is 0 Å². The van der Waals surface area contributed by atoms with Gasteiger partial charge in [0.25, 0.3) is 5.56 Å². The van der Waals surface area contributed by atoms with E-state index >= 15 is 0 Å². The Morgan fingerprint density at radius 1 is 1.37 bits per heavy atom. The van der Waals surface area contributed by atoms with E-state index in [1.54, 1.807) is 0 Å². The molecule has 0 spiro atoms. The maximum absolute atomic E-state index is 12.2. The average Bonchev–Trinajstić information content (AvgIpc) is 3.08. The molecule has 0 amide bonds. The number of ether oxygens (including phenoxy) is 2. The van der Waals surface area contributed by atoms with Gasteiger partial charge in [-0.3, -0.25) is 14.3 Å². The van der Waals surface area contributed by atoms with Crippen LogP contribution in [0.5, 0.6) is 0 Å². The summed E-state index contributed by atoms with van der Waals surface area (Å²) in [5, 5.41) is 3.59. The van der Waals surface area contributed by atoms with Gasteiger partial charge in [-0.15, -0.1) is 0 Å². The predicted octanol–water partition coefficient (Wildman–Crippen LogP) is 2.28. The topological polar surface area (TPSA) is 122 Å². The summed E-state index contributed by atoms with van der Waals surface area (Å²) >= 11 is 0. The van der Waals surface area contributed by atoms with E-state index in [1.807, 2.05) is 37.3 Å². The fourth-order valence-electron chi connectivity index (χ4n) is 3.10. The Bertz CT molecular complexity index is 933. The van der Waals surface area contributed by atoms with Crippen molar-refractivity contribution < 1.29 is 9.47 Å². The number of aromatic amines is 1. The normalized spacial score (nSPS) is 21.7. The fraction of sp³-hybridized carbons (Fsp3) is 0.444. The molecule has 0 saturated carbocycles. The SMILES string of the molecule is CCc1cn([C@H]2C[C@H](OCc3ccccc3)[C@@H](CN=[N+]=[N-])O2)c(=O)[nH]c1=O. The van der Waals surface area contributed by atoms with Crippen molar-refractivity contribution in [3.63, 3.8) is 0 Å². The second-order valence-corrected chi connectivity index (χ2v) is 6.29. The van der Waals surface area contributed by atoms with Crippen molar-refractivity contribution in [3.8, 4) is 0 Å². The van der Waals surface area contributed by atoms with E-state index in [0.717, 1.165) is 5.56 Å². The molecule has 9 nitrogen and oxygen atoms in total. The Kier molecular flexibility index (Phi) is 6.08. The largest absolute Gasteiger partial charge is 0.371 e. The molecule has 1 fully saturated rings. The van der Waals surface area contributed by atoms with Gasteiger partial charge in [0.2, 0.25) is 0 Å². The maximum atomic E-state index is 12.2. The summed E-state index contributed by atoms with van der Waals surface area (Å²) in [6, 6.07) is 9.69. The molecule has 0 radical (unpaired) electrons. The molecule has 142 valence electrons. The van der Waals surface area contributed by atoms with Gasteiger partial charge in [0.05, 0.1) is 25.4 Å². The summed E-state index contributed by atoms with van der Waals surface area (Å²) in [7, 11) is 0. The zero-order chi connectivity index (χ0) is 19.2. The lowest BCUT2D eigenvalue weighted by molar-refractivity contribution is -0.0386. The smallest absolute Gasteiger partial charge is 0.330 e. The van der Waals surface area contributed by atoms with Crippen LogP contribution in [0.15, 0.2) is 51.2 Å². The zero-order valence-electron chi connectivity index (χ0n) is 14.9. The van der Waals surface area contributed by atoms with Gasteiger partial charge < -0.3 is 9.47 Å². The Hall–Kier alpha value is -2.87. The number of nitrogens with zero attached hydrogens (tertiary/aromatic N) is 4. The molecule has 2 aromatic rings. The van der Waals surface area contributed by atoms with Crippen molar-refractivity contribution in [2.75, 3.05) is 6.54 Å². The highest BCUT2D eigenvalue weighted by atomic mass is 16.6. The molecular formula is C18H21N5O4. The number of benzene rings is 1. The van der Waals surface area contributed by atoms with Gasteiger partial charge in [0.1, 0.15) is 6.23 Å². The molecule has 1 aromatic heterocycles. The van der Waals surface area contributed by atoms with Crippen LogP contribution >= 0.6 is 0 Å².